The summed E-state index contributed by atoms with van der Waals surface area (Å²) in [6.45, 7) is 1.83. The molecule has 1 aromatic rings. The molecular formula is C8H7BrClF3S. The summed E-state index contributed by atoms with van der Waals surface area (Å²) in [5.41, 5.74) is -0.642. The van der Waals surface area contributed by atoms with Gasteiger partial charge >= 0.3 is 6.18 Å². The fourth-order valence-corrected chi connectivity index (χ4v) is 3.41. The molecule has 0 aliphatic heterocycles. The normalized spacial score (nSPS) is 14.4. The third kappa shape index (κ3) is 2.44. The first-order chi connectivity index (χ1) is 6.38. The fraction of sp³-hybridized carbons (Fsp3) is 0.500. The molecule has 1 atom stereocenters. The zero-order valence-corrected chi connectivity index (χ0v) is 10.3. The molecule has 0 N–H and O–H groups in total. The second kappa shape index (κ2) is 4.41. The molecule has 0 aliphatic rings. The zero-order valence-electron chi connectivity index (χ0n) is 7.16. The van der Waals surface area contributed by atoms with Crippen LogP contribution in [0.4, 0.5) is 13.2 Å². The van der Waals surface area contributed by atoms with E-state index in [1.54, 1.807) is 0 Å². The molecule has 14 heavy (non-hydrogen) atoms. The van der Waals surface area contributed by atoms with Crippen molar-refractivity contribution in [1.82, 2.24) is 0 Å². The van der Waals surface area contributed by atoms with E-state index < -0.39 is 11.7 Å². The Morgan fingerprint density at radius 1 is 1.57 bits per heavy atom. The van der Waals surface area contributed by atoms with Gasteiger partial charge in [-0.05, 0) is 22.4 Å². The lowest BCUT2D eigenvalue weighted by Crippen LogP contribution is -2.04. The molecule has 0 fully saturated rings. The third-order valence-electron chi connectivity index (χ3n) is 1.70. The lowest BCUT2D eigenvalue weighted by atomic mass is 10.2. The fourth-order valence-electron chi connectivity index (χ4n) is 0.947. The predicted molar refractivity (Wildman–Crippen MR) is 55.9 cm³/mol. The number of hydrogen-bond donors (Lipinski definition) is 0. The van der Waals surface area contributed by atoms with Gasteiger partial charge in [0.25, 0.3) is 0 Å². The van der Waals surface area contributed by atoms with E-state index >= 15 is 0 Å². The van der Waals surface area contributed by atoms with Crippen molar-refractivity contribution in [3.8, 4) is 0 Å². The molecular weight excluding hydrogens is 301 g/mol. The molecule has 0 aliphatic carbocycles. The van der Waals surface area contributed by atoms with Crippen LogP contribution in [-0.2, 0) is 6.18 Å². The van der Waals surface area contributed by atoms with Crippen LogP contribution in [-0.4, -0.2) is 0 Å². The molecule has 1 unspecified atom stereocenters. The molecule has 0 radical (unpaired) electrons. The van der Waals surface area contributed by atoms with Crippen molar-refractivity contribution in [3.05, 3.63) is 20.3 Å². The van der Waals surface area contributed by atoms with E-state index in [1.807, 2.05) is 6.92 Å². The number of hydrogen-bond acceptors (Lipinski definition) is 1. The Hall–Kier alpha value is 0.260. The summed E-state index contributed by atoms with van der Waals surface area (Å²) < 4.78 is 37.2. The SMILES string of the molecule is CCC(Cl)c1scc(C(F)(F)F)c1Br. The van der Waals surface area contributed by atoms with Crippen LogP contribution in [0.15, 0.2) is 9.85 Å². The van der Waals surface area contributed by atoms with E-state index in [2.05, 4.69) is 15.9 Å². The second-order valence-corrected chi connectivity index (χ2v) is 4.93. The highest BCUT2D eigenvalue weighted by atomic mass is 79.9. The molecule has 0 spiro atoms. The summed E-state index contributed by atoms with van der Waals surface area (Å²) in [6, 6.07) is 0. The van der Waals surface area contributed by atoms with Gasteiger partial charge in [-0.2, -0.15) is 13.2 Å². The maximum absolute atomic E-state index is 12.4. The summed E-state index contributed by atoms with van der Waals surface area (Å²) in [7, 11) is 0. The van der Waals surface area contributed by atoms with Crippen molar-refractivity contribution in [2.75, 3.05) is 0 Å². The summed E-state index contributed by atoms with van der Waals surface area (Å²) in [5, 5.41) is 0.732. The van der Waals surface area contributed by atoms with Gasteiger partial charge in [-0.1, -0.05) is 6.92 Å². The second-order valence-electron chi connectivity index (χ2n) is 2.70. The smallest absolute Gasteiger partial charge is 0.166 e. The van der Waals surface area contributed by atoms with Crippen molar-refractivity contribution in [3.63, 3.8) is 0 Å². The van der Waals surface area contributed by atoms with Gasteiger partial charge in [0, 0.05) is 14.7 Å². The van der Waals surface area contributed by atoms with E-state index in [-0.39, 0.29) is 9.85 Å². The van der Waals surface area contributed by atoms with Gasteiger partial charge in [-0.15, -0.1) is 22.9 Å². The van der Waals surface area contributed by atoms with Gasteiger partial charge in [0.15, 0.2) is 0 Å². The van der Waals surface area contributed by atoms with E-state index in [0.717, 1.165) is 16.7 Å². The van der Waals surface area contributed by atoms with E-state index in [4.69, 9.17) is 11.6 Å². The first-order valence-corrected chi connectivity index (χ1v) is 5.97. The molecule has 1 heterocycles. The Balaban J connectivity index is 3.09. The first-order valence-electron chi connectivity index (χ1n) is 3.86. The molecule has 1 rings (SSSR count). The minimum Gasteiger partial charge on any atom is -0.166 e. The van der Waals surface area contributed by atoms with Gasteiger partial charge in [-0.3, -0.25) is 0 Å². The van der Waals surface area contributed by atoms with Crippen molar-refractivity contribution < 1.29 is 13.2 Å². The quantitative estimate of drug-likeness (QED) is 0.657. The highest BCUT2D eigenvalue weighted by molar-refractivity contribution is 9.10. The Labute approximate surface area is 97.2 Å². The number of thiophene rings is 1. The Morgan fingerprint density at radius 2 is 2.14 bits per heavy atom. The van der Waals surface area contributed by atoms with Crippen LogP contribution in [0.3, 0.4) is 0 Å². The molecule has 80 valence electrons. The number of rotatable bonds is 2. The molecule has 6 heteroatoms. The van der Waals surface area contributed by atoms with Gasteiger partial charge in [0.1, 0.15) is 0 Å². The predicted octanol–water partition coefficient (Wildman–Crippen LogP) is 5.22. The Morgan fingerprint density at radius 3 is 2.50 bits per heavy atom. The van der Waals surface area contributed by atoms with Crippen LogP contribution >= 0.6 is 38.9 Å². The van der Waals surface area contributed by atoms with Gasteiger partial charge in [-0.25, -0.2) is 0 Å². The molecule has 1 aromatic heterocycles. The maximum atomic E-state index is 12.4. The topological polar surface area (TPSA) is 0 Å². The van der Waals surface area contributed by atoms with Gasteiger partial charge in [0.05, 0.1) is 10.9 Å². The van der Waals surface area contributed by atoms with Gasteiger partial charge in [0.2, 0.25) is 0 Å². The number of alkyl halides is 4. The molecule has 0 aromatic carbocycles. The van der Waals surface area contributed by atoms with Gasteiger partial charge < -0.3 is 0 Å². The molecule has 0 nitrogen and oxygen atoms in total. The van der Waals surface area contributed by atoms with Crippen LogP contribution in [0.1, 0.15) is 29.2 Å². The minimum absolute atomic E-state index is 0.0804. The average Bonchev–Trinajstić information content (AvgIpc) is 2.45. The van der Waals surface area contributed by atoms with Crippen LogP contribution < -0.4 is 0 Å². The highest BCUT2D eigenvalue weighted by Gasteiger charge is 2.35. The summed E-state index contributed by atoms with van der Waals surface area (Å²) >= 11 is 9.84. The summed E-state index contributed by atoms with van der Waals surface area (Å²) in [5.74, 6) is 0. The largest absolute Gasteiger partial charge is 0.418 e. The third-order valence-corrected chi connectivity index (χ3v) is 4.57. The molecule has 0 saturated carbocycles. The van der Waals surface area contributed by atoms with Crippen molar-refractivity contribution in [2.24, 2.45) is 0 Å². The highest BCUT2D eigenvalue weighted by Crippen LogP contribution is 2.44. The summed E-state index contributed by atoms with van der Waals surface area (Å²) in [4.78, 5) is 0.543. The lowest BCUT2D eigenvalue weighted by molar-refractivity contribution is -0.137. The number of halogens is 5. The van der Waals surface area contributed by atoms with Crippen molar-refractivity contribution in [1.29, 1.82) is 0 Å². The lowest BCUT2D eigenvalue weighted by Gasteiger charge is -2.07. The Bertz CT molecular complexity index is 321. The van der Waals surface area contributed by atoms with E-state index in [9.17, 15) is 13.2 Å². The minimum atomic E-state index is -4.31. The standard InChI is InChI=1S/C8H7BrClF3S/c1-2-5(10)7-6(9)4(3-14-7)8(11,12)13/h3,5H,2H2,1H3. The average molecular weight is 308 g/mol. The van der Waals surface area contributed by atoms with E-state index in [1.165, 1.54) is 0 Å². The van der Waals surface area contributed by atoms with E-state index in [0.29, 0.717) is 11.3 Å². The summed E-state index contributed by atoms with van der Waals surface area (Å²) in [6.07, 6.45) is -3.70. The van der Waals surface area contributed by atoms with Crippen LogP contribution in [0.5, 0.6) is 0 Å². The first kappa shape index (κ1) is 12.3. The molecule has 0 saturated heterocycles. The van der Waals surface area contributed by atoms with Crippen LogP contribution in [0.25, 0.3) is 0 Å². The molecule has 0 amide bonds. The zero-order chi connectivity index (χ0) is 10.9. The van der Waals surface area contributed by atoms with Crippen molar-refractivity contribution >= 4 is 38.9 Å². The molecule has 0 bridgehead atoms. The van der Waals surface area contributed by atoms with Crippen LogP contribution in [0.2, 0.25) is 0 Å². The monoisotopic (exact) mass is 306 g/mol. The Kier molecular flexibility index (Phi) is 3.88. The van der Waals surface area contributed by atoms with Crippen LogP contribution in [0, 0.1) is 0 Å². The maximum Gasteiger partial charge on any atom is 0.418 e. The van der Waals surface area contributed by atoms with Crippen molar-refractivity contribution in [2.45, 2.75) is 24.9 Å².